The molecule has 0 N–H and O–H groups in total. The van der Waals surface area contributed by atoms with Gasteiger partial charge in [0.2, 0.25) is 11.8 Å². The van der Waals surface area contributed by atoms with Gasteiger partial charge in [-0.1, -0.05) is 54.6 Å². The molecule has 3 rings (SSSR count). The van der Waals surface area contributed by atoms with Crippen LogP contribution in [0.1, 0.15) is 18.9 Å². The lowest BCUT2D eigenvalue weighted by Gasteiger charge is -2.26. The molecule has 1 heterocycles. The van der Waals surface area contributed by atoms with Crippen molar-refractivity contribution in [3.8, 4) is 0 Å². The number of fused-ring (bicyclic) bond motifs is 1. The molecule has 2 amide bonds. The molecule has 0 radical (unpaired) electrons. The highest BCUT2D eigenvalue weighted by atomic mass is 16.2. The zero-order valence-electron chi connectivity index (χ0n) is 11.5. The smallest absolute Gasteiger partial charge is 0.234 e. The predicted octanol–water partition coefficient (Wildman–Crippen LogP) is 3.20. The molecule has 0 aliphatic carbocycles. The van der Waals surface area contributed by atoms with Gasteiger partial charge in [-0.25, -0.2) is 0 Å². The maximum atomic E-state index is 11.5. The van der Waals surface area contributed by atoms with Crippen LogP contribution < -0.4 is 4.90 Å². The average molecular weight is 267 g/mol. The van der Waals surface area contributed by atoms with Crippen LogP contribution in [0.2, 0.25) is 0 Å². The Balaban J connectivity index is 0.000000205. The summed E-state index contributed by atoms with van der Waals surface area (Å²) in [5.74, 6) is -0.307. The van der Waals surface area contributed by atoms with Crippen molar-refractivity contribution in [3.63, 3.8) is 0 Å². The Kier molecular flexibility index (Phi) is 4.66. The number of hydrogen-bond donors (Lipinski definition) is 0. The number of carbonyl (C=O) groups is 2. The van der Waals surface area contributed by atoms with E-state index in [0.29, 0.717) is 6.42 Å². The van der Waals surface area contributed by atoms with Crippen LogP contribution in [0.4, 0.5) is 5.69 Å². The number of aryl methyl sites for hydroxylation is 1. The first-order valence-corrected chi connectivity index (χ1v) is 6.61. The van der Waals surface area contributed by atoms with Crippen molar-refractivity contribution in [1.29, 1.82) is 0 Å². The first-order valence-electron chi connectivity index (χ1n) is 6.61. The molecular formula is C17H17NO2. The summed E-state index contributed by atoms with van der Waals surface area (Å²) in [4.78, 5) is 24.0. The number of carbonyl (C=O) groups excluding carboxylic acids is 2. The number of imide groups is 1. The molecule has 0 saturated carbocycles. The van der Waals surface area contributed by atoms with Gasteiger partial charge < -0.3 is 0 Å². The van der Waals surface area contributed by atoms with Crippen LogP contribution >= 0.6 is 0 Å². The van der Waals surface area contributed by atoms with E-state index in [0.717, 1.165) is 17.7 Å². The quantitative estimate of drug-likeness (QED) is 0.735. The fourth-order valence-corrected chi connectivity index (χ4v) is 2.16. The summed E-state index contributed by atoms with van der Waals surface area (Å²) in [7, 11) is 0. The summed E-state index contributed by atoms with van der Waals surface area (Å²) in [6, 6.07) is 19.5. The van der Waals surface area contributed by atoms with Crippen LogP contribution in [0.5, 0.6) is 0 Å². The summed E-state index contributed by atoms with van der Waals surface area (Å²) in [5.41, 5.74) is 1.82. The Labute approximate surface area is 118 Å². The van der Waals surface area contributed by atoms with Crippen molar-refractivity contribution in [3.05, 3.63) is 66.2 Å². The molecule has 20 heavy (non-hydrogen) atoms. The third-order valence-electron chi connectivity index (χ3n) is 3.07. The van der Waals surface area contributed by atoms with Crippen LogP contribution in [-0.4, -0.2) is 11.8 Å². The molecule has 1 aliphatic heterocycles. The van der Waals surface area contributed by atoms with Crippen molar-refractivity contribution in [2.45, 2.75) is 19.8 Å². The molecule has 0 spiro atoms. The van der Waals surface area contributed by atoms with E-state index < -0.39 is 0 Å². The molecule has 2 aromatic carbocycles. The van der Waals surface area contributed by atoms with E-state index in [1.54, 1.807) is 0 Å². The molecule has 3 heteroatoms. The maximum absolute atomic E-state index is 11.5. The summed E-state index contributed by atoms with van der Waals surface area (Å²) in [5, 5.41) is 0. The second kappa shape index (κ2) is 6.66. The number of anilines is 1. The number of benzene rings is 2. The SMILES string of the molecule is CC(=O)N1C(=O)CCc2ccccc21.c1ccccc1. The molecule has 2 aromatic rings. The molecule has 1 aliphatic rings. The lowest BCUT2D eigenvalue weighted by Crippen LogP contribution is -2.38. The van der Waals surface area contributed by atoms with E-state index in [1.165, 1.54) is 11.8 Å². The molecule has 0 saturated heterocycles. The van der Waals surface area contributed by atoms with Gasteiger partial charge in [-0.05, 0) is 18.1 Å². The van der Waals surface area contributed by atoms with Crippen molar-refractivity contribution < 1.29 is 9.59 Å². The van der Waals surface area contributed by atoms with E-state index in [1.807, 2.05) is 60.7 Å². The molecule has 102 valence electrons. The van der Waals surface area contributed by atoms with Gasteiger partial charge in [0, 0.05) is 13.3 Å². The molecular weight excluding hydrogens is 250 g/mol. The average Bonchev–Trinajstić information content (AvgIpc) is 2.49. The van der Waals surface area contributed by atoms with Crippen LogP contribution in [-0.2, 0) is 16.0 Å². The van der Waals surface area contributed by atoms with Gasteiger partial charge in [0.1, 0.15) is 0 Å². The van der Waals surface area contributed by atoms with Gasteiger partial charge in [0.15, 0.2) is 0 Å². The maximum Gasteiger partial charge on any atom is 0.234 e. The van der Waals surface area contributed by atoms with E-state index in [-0.39, 0.29) is 11.8 Å². The minimum Gasteiger partial charge on any atom is -0.274 e. The van der Waals surface area contributed by atoms with Crippen LogP contribution in [0.3, 0.4) is 0 Å². The monoisotopic (exact) mass is 267 g/mol. The van der Waals surface area contributed by atoms with Crippen LogP contribution in [0.15, 0.2) is 60.7 Å². The predicted molar refractivity (Wildman–Crippen MR) is 79.4 cm³/mol. The first-order chi connectivity index (χ1) is 9.70. The van der Waals surface area contributed by atoms with Crippen molar-refractivity contribution in [1.82, 2.24) is 0 Å². The largest absolute Gasteiger partial charge is 0.274 e. The highest BCUT2D eigenvalue weighted by Gasteiger charge is 2.26. The molecule has 0 fully saturated rings. The zero-order chi connectivity index (χ0) is 14.4. The van der Waals surface area contributed by atoms with Crippen molar-refractivity contribution in [2.24, 2.45) is 0 Å². The summed E-state index contributed by atoms with van der Waals surface area (Å²) in [6.45, 7) is 1.42. The highest BCUT2D eigenvalue weighted by molar-refractivity contribution is 6.15. The van der Waals surface area contributed by atoms with Gasteiger partial charge in [0.05, 0.1) is 5.69 Å². The zero-order valence-corrected chi connectivity index (χ0v) is 11.5. The highest BCUT2D eigenvalue weighted by Crippen LogP contribution is 2.27. The lowest BCUT2D eigenvalue weighted by molar-refractivity contribution is -0.125. The summed E-state index contributed by atoms with van der Waals surface area (Å²) >= 11 is 0. The Morgan fingerprint density at radius 2 is 1.45 bits per heavy atom. The van der Waals surface area contributed by atoms with Gasteiger partial charge >= 0.3 is 0 Å². The van der Waals surface area contributed by atoms with Crippen molar-refractivity contribution >= 4 is 17.5 Å². The lowest BCUT2D eigenvalue weighted by atomic mass is 10.0. The van der Waals surface area contributed by atoms with Gasteiger partial charge in [0.25, 0.3) is 0 Å². The Morgan fingerprint density at radius 3 is 2.00 bits per heavy atom. The van der Waals surface area contributed by atoms with E-state index in [2.05, 4.69) is 0 Å². The number of amides is 2. The van der Waals surface area contributed by atoms with Crippen LogP contribution in [0.25, 0.3) is 0 Å². The van der Waals surface area contributed by atoms with Gasteiger partial charge in [-0.2, -0.15) is 0 Å². The Hall–Kier alpha value is -2.42. The van der Waals surface area contributed by atoms with E-state index in [4.69, 9.17) is 0 Å². The number of nitrogens with zero attached hydrogens (tertiary/aromatic N) is 1. The Morgan fingerprint density at radius 1 is 0.900 bits per heavy atom. The topological polar surface area (TPSA) is 37.4 Å². The fourth-order valence-electron chi connectivity index (χ4n) is 2.16. The minimum absolute atomic E-state index is 0.101. The second-order valence-corrected chi connectivity index (χ2v) is 4.53. The van der Waals surface area contributed by atoms with Gasteiger partial charge in [-0.3, -0.25) is 14.5 Å². The second-order valence-electron chi connectivity index (χ2n) is 4.53. The Bertz CT molecular complexity index is 566. The normalized spacial score (nSPS) is 13.1. The van der Waals surface area contributed by atoms with Gasteiger partial charge in [-0.15, -0.1) is 0 Å². The third kappa shape index (κ3) is 3.32. The van der Waals surface area contributed by atoms with E-state index >= 15 is 0 Å². The number of hydrogen-bond acceptors (Lipinski definition) is 2. The fraction of sp³-hybridized carbons (Fsp3) is 0.176. The minimum atomic E-state index is -0.206. The van der Waals surface area contributed by atoms with E-state index in [9.17, 15) is 9.59 Å². The molecule has 0 unspecified atom stereocenters. The molecule has 3 nitrogen and oxygen atoms in total. The summed E-state index contributed by atoms with van der Waals surface area (Å²) < 4.78 is 0. The van der Waals surface area contributed by atoms with Crippen LogP contribution in [0, 0.1) is 0 Å². The molecule has 0 aromatic heterocycles. The number of rotatable bonds is 0. The standard InChI is InChI=1S/C11H11NO2.C6H6/c1-8(13)12-10-5-3-2-4-9(10)6-7-11(12)14;1-2-4-6-5-3-1/h2-5H,6-7H2,1H3;1-6H. The van der Waals surface area contributed by atoms with Crippen molar-refractivity contribution in [2.75, 3.05) is 4.90 Å². The third-order valence-corrected chi connectivity index (χ3v) is 3.07. The summed E-state index contributed by atoms with van der Waals surface area (Å²) in [6.07, 6.45) is 1.16. The first kappa shape index (κ1) is 14.0. The number of para-hydroxylation sites is 1. The molecule has 0 bridgehead atoms. The molecule has 0 atom stereocenters.